The maximum absolute atomic E-state index is 12.8. The van der Waals surface area contributed by atoms with E-state index in [0.717, 1.165) is 17.1 Å². The zero-order valence-corrected chi connectivity index (χ0v) is 13.1. The Balaban J connectivity index is 1.71. The number of nitrogens with zero attached hydrogens (tertiary/aromatic N) is 4. The molecule has 1 atom stereocenters. The van der Waals surface area contributed by atoms with Gasteiger partial charge in [-0.3, -0.25) is 4.79 Å². The lowest BCUT2D eigenvalue weighted by Crippen LogP contribution is -2.41. The number of carbonyl (C=O) groups excluding carboxylic acids is 1. The summed E-state index contributed by atoms with van der Waals surface area (Å²) in [7, 11) is 1.63. The van der Waals surface area contributed by atoms with Gasteiger partial charge in [-0.1, -0.05) is 12.1 Å². The highest BCUT2D eigenvalue weighted by molar-refractivity contribution is 5.91. The van der Waals surface area contributed by atoms with E-state index in [0.29, 0.717) is 13.1 Å². The average Bonchev–Trinajstić information content (AvgIpc) is 3.31. The monoisotopic (exact) mass is 324 g/mol. The Kier molecular flexibility index (Phi) is 3.53. The van der Waals surface area contributed by atoms with Crippen molar-refractivity contribution in [2.45, 2.75) is 19.1 Å². The van der Waals surface area contributed by atoms with E-state index in [2.05, 4.69) is 14.5 Å². The van der Waals surface area contributed by atoms with Crippen molar-refractivity contribution in [3.8, 4) is 5.75 Å². The van der Waals surface area contributed by atoms with E-state index in [1.165, 1.54) is 12.6 Å². The standard InChI is InChI=1S/C17H16N4O3/c1-23-13-4-2-12(3-5-13)14-9-20-7-6-19-16(20)10-21(14)17(22)15-8-18-11-24-15/h2-8,11,14H,9-10H2,1H3. The van der Waals surface area contributed by atoms with Gasteiger partial charge in [0.2, 0.25) is 5.76 Å². The van der Waals surface area contributed by atoms with Crippen LogP contribution in [-0.2, 0) is 13.1 Å². The molecule has 1 amide bonds. The molecule has 3 heterocycles. The van der Waals surface area contributed by atoms with E-state index in [4.69, 9.17) is 9.15 Å². The second kappa shape index (κ2) is 5.84. The lowest BCUT2D eigenvalue weighted by atomic mass is 10.0. The fourth-order valence-electron chi connectivity index (χ4n) is 2.99. The van der Waals surface area contributed by atoms with Gasteiger partial charge in [-0.2, -0.15) is 0 Å². The highest BCUT2D eigenvalue weighted by atomic mass is 16.5. The van der Waals surface area contributed by atoms with Crippen LogP contribution in [0.3, 0.4) is 0 Å². The number of oxazole rings is 1. The molecule has 1 unspecified atom stereocenters. The molecule has 1 aliphatic rings. The first kappa shape index (κ1) is 14.5. The van der Waals surface area contributed by atoms with Crippen LogP contribution in [0, 0.1) is 0 Å². The number of aromatic nitrogens is 3. The number of imidazole rings is 1. The molecule has 2 aromatic heterocycles. The summed E-state index contributed by atoms with van der Waals surface area (Å²) >= 11 is 0. The summed E-state index contributed by atoms with van der Waals surface area (Å²) in [5, 5.41) is 0. The fraction of sp³-hybridized carbons (Fsp3) is 0.235. The molecule has 4 rings (SSSR count). The first-order valence-corrected chi connectivity index (χ1v) is 7.59. The second-order valence-corrected chi connectivity index (χ2v) is 5.58. The summed E-state index contributed by atoms with van der Waals surface area (Å²) in [6, 6.07) is 7.64. The quantitative estimate of drug-likeness (QED) is 0.739. The molecule has 0 radical (unpaired) electrons. The summed E-state index contributed by atoms with van der Waals surface area (Å²) < 4.78 is 12.5. The van der Waals surface area contributed by atoms with Crippen molar-refractivity contribution in [3.05, 3.63) is 66.4 Å². The van der Waals surface area contributed by atoms with Crippen LogP contribution in [-0.4, -0.2) is 32.5 Å². The molecule has 24 heavy (non-hydrogen) atoms. The Morgan fingerprint density at radius 3 is 2.88 bits per heavy atom. The molecule has 0 saturated carbocycles. The first-order valence-electron chi connectivity index (χ1n) is 7.59. The van der Waals surface area contributed by atoms with Gasteiger partial charge in [-0.25, -0.2) is 9.97 Å². The molecule has 0 fully saturated rings. The lowest BCUT2D eigenvalue weighted by molar-refractivity contribution is 0.0552. The molecular formula is C17H16N4O3. The van der Waals surface area contributed by atoms with E-state index >= 15 is 0 Å². The van der Waals surface area contributed by atoms with Crippen molar-refractivity contribution in [2.24, 2.45) is 0 Å². The summed E-state index contributed by atoms with van der Waals surface area (Å²) in [5.74, 6) is 1.68. The van der Waals surface area contributed by atoms with Crippen molar-refractivity contribution in [1.82, 2.24) is 19.4 Å². The van der Waals surface area contributed by atoms with E-state index in [1.54, 1.807) is 18.2 Å². The minimum Gasteiger partial charge on any atom is -0.497 e. The predicted octanol–water partition coefficient (Wildman–Crippen LogP) is 2.28. The highest BCUT2D eigenvalue weighted by Crippen LogP contribution is 2.31. The van der Waals surface area contributed by atoms with Crippen molar-refractivity contribution >= 4 is 5.91 Å². The van der Waals surface area contributed by atoms with Gasteiger partial charge in [0.25, 0.3) is 5.91 Å². The molecule has 0 saturated heterocycles. The second-order valence-electron chi connectivity index (χ2n) is 5.58. The van der Waals surface area contributed by atoms with Gasteiger partial charge in [0.1, 0.15) is 11.6 Å². The number of methoxy groups -OCH3 is 1. The van der Waals surface area contributed by atoms with Crippen molar-refractivity contribution in [2.75, 3.05) is 7.11 Å². The van der Waals surface area contributed by atoms with Gasteiger partial charge >= 0.3 is 0 Å². The summed E-state index contributed by atoms with van der Waals surface area (Å²) in [5.41, 5.74) is 1.03. The Labute approximate surface area is 138 Å². The van der Waals surface area contributed by atoms with Crippen molar-refractivity contribution in [3.63, 3.8) is 0 Å². The Hall–Kier alpha value is -3.09. The zero-order chi connectivity index (χ0) is 16.5. The third kappa shape index (κ3) is 2.44. The van der Waals surface area contributed by atoms with Gasteiger partial charge < -0.3 is 18.6 Å². The number of amides is 1. The molecular weight excluding hydrogens is 308 g/mol. The van der Waals surface area contributed by atoms with E-state index in [1.807, 2.05) is 30.5 Å². The van der Waals surface area contributed by atoms with Gasteiger partial charge in [-0.15, -0.1) is 0 Å². The van der Waals surface area contributed by atoms with Crippen LogP contribution >= 0.6 is 0 Å². The molecule has 0 N–H and O–H groups in total. The molecule has 0 spiro atoms. The number of fused-ring (bicyclic) bond motifs is 1. The highest BCUT2D eigenvalue weighted by Gasteiger charge is 2.33. The zero-order valence-electron chi connectivity index (χ0n) is 13.1. The minimum atomic E-state index is -0.192. The van der Waals surface area contributed by atoms with Crippen LogP contribution in [0.1, 0.15) is 28.0 Å². The van der Waals surface area contributed by atoms with Crippen LogP contribution < -0.4 is 4.74 Å². The molecule has 1 aromatic carbocycles. The third-order valence-corrected chi connectivity index (χ3v) is 4.26. The normalized spacial score (nSPS) is 16.7. The lowest BCUT2D eigenvalue weighted by Gasteiger charge is -2.36. The maximum atomic E-state index is 12.8. The number of ether oxygens (including phenoxy) is 1. The SMILES string of the molecule is COc1ccc(C2Cn3ccnc3CN2C(=O)c2cnco2)cc1. The minimum absolute atomic E-state index is 0.116. The first-order chi connectivity index (χ1) is 11.8. The molecule has 1 aliphatic heterocycles. The smallest absolute Gasteiger partial charge is 0.292 e. The number of hydrogen-bond donors (Lipinski definition) is 0. The Morgan fingerprint density at radius 2 is 2.17 bits per heavy atom. The van der Waals surface area contributed by atoms with E-state index in [-0.39, 0.29) is 17.7 Å². The topological polar surface area (TPSA) is 73.4 Å². The van der Waals surface area contributed by atoms with Gasteiger partial charge in [0.15, 0.2) is 6.39 Å². The number of benzene rings is 1. The summed E-state index contributed by atoms with van der Waals surface area (Å²) in [6.07, 6.45) is 6.39. The number of hydrogen-bond acceptors (Lipinski definition) is 5. The maximum Gasteiger partial charge on any atom is 0.292 e. The van der Waals surface area contributed by atoms with Gasteiger partial charge in [0, 0.05) is 18.9 Å². The molecule has 0 aliphatic carbocycles. The number of carbonyl (C=O) groups is 1. The Bertz CT molecular complexity index is 839. The molecule has 7 heteroatoms. The van der Waals surface area contributed by atoms with Crippen LogP contribution in [0.4, 0.5) is 0 Å². The number of rotatable bonds is 3. The van der Waals surface area contributed by atoms with Crippen molar-refractivity contribution < 1.29 is 13.9 Å². The van der Waals surface area contributed by atoms with E-state index < -0.39 is 0 Å². The summed E-state index contributed by atoms with van der Waals surface area (Å²) in [6.45, 7) is 1.06. The van der Waals surface area contributed by atoms with Crippen molar-refractivity contribution in [1.29, 1.82) is 0 Å². The largest absolute Gasteiger partial charge is 0.497 e. The van der Waals surface area contributed by atoms with Crippen LogP contribution in [0.25, 0.3) is 0 Å². The molecule has 0 bridgehead atoms. The average molecular weight is 324 g/mol. The molecule has 3 aromatic rings. The summed E-state index contributed by atoms with van der Waals surface area (Å²) in [4.78, 5) is 22.8. The van der Waals surface area contributed by atoms with Gasteiger partial charge in [-0.05, 0) is 17.7 Å². The Morgan fingerprint density at radius 1 is 1.33 bits per heavy atom. The van der Waals surface area contributed by atoms with Crippen LogP contribution in [0.2, 0.25) is 0 Å². The molecule has 7 nitrogen and oxygen atoms in total. The third-order valence-electron chi connectivity index (χ3n) is 4.26. The van der Waals surface area contributed by atoms with Gasteiger partial charge in [0.05, 0.1) is 25.9 Å². The van der Waals surface area contributed by atoms with Crippen LogP contribution in [0.15, 0.2) is 53.7 Å². The van der Waals surface area contributed by atoms with Crippen LogP contribution in [0.5, 0.6) is 5.75 Å². The predicted molar refractivity (Wildman–Crippen MR) is 84.3 cm³/mol. The molecule has 122 valence electrons. The fourth-order valence-corrected chi connectivity index (χ4v) is 2.99. The van der Waals surface area contributed by atoms with E-state index in [9.17, 15) is 4.79 Å².